The fourth-order valence-electron chi connectivity index (χ4n) is 3.96. The van der Waals surface area contributed by atoms with Crippen LogP contribution >= 0.6 is 0 Å². The minimum Gasteiger partial charge on any atom is -0.378 e. The second-order valence-electron chi connectivity index (χ2n) is 9.01. The third-order valence-electron chi connectivity index (χ3n) is 6.04. The van der Waals surface area contributed by atoms with Crippen LogP contribution in [0, 0.1) is 10.1 Å². The summed E-state index contributed by atoms with van der Waals surface area (Å²) in [5.74, 6) is 0.467. The number of hydrogen-bond donors (Lipinski definition) is 3. The molecule has 0 atom stereocenters. The van der Waals surface area contributed by atoms with Gasteiger partial charge in [0.05, 0.1) is 10.4 Å². The molecule has 3 heterocycles. The Balaban J connectivity index is 0.000000932. The molecule has 11 heteroatoms. The largest absolute Gasteiger partial charge is 0.378 e. The van der Waals surface area contributed by atoms with Crippen LogP contribution in [0.4, 0.5) is 17.2 Å². The molecule has 0 aliphatic carbocycles. The summed E-state index contributed by atoms with van der Waals surface area (Å²) in [5.41, 5.74) is 5.92. The number of nitrogens with zero attached hydrogens (tertiary/aromatic N) is 6. The number of aromatic nitrogens is 1. The molecule has 2 fully saturated rings. The summed E-state index contributed by atoms with van der Waals surface area (Å²) in [6, 6.07) is 7.61. The molecule has 2 saturated heterocycles. The number of likely N-dealkylation sites (N-methyl/N-ethyl adjacent to an activating group) is 3. The molecule has 0 radical (unpaired) electrons. The Bertz CT molecular complexity index is 913. The van der Waals surface area contributed by atoms with E-state index in [0.29, 0.717) is 18.1 Å². The SMILES string of the molecule is CC.CC.CN.CN(C)CCNc1c([N+](=O)[O-])c(N2CCN(C)CC2)nc2ccccc12.CN1CCNCC1. The highest BCUT2D eigenvalue weighted by Gasteiger charge is 2.29. The molecule has 2 aromatic rings. The van der Waals surface area contributed by atoms with Crippen LogP contribution in [0.5, 0.6) is 0 Å². The summed E-state index contributed by atoms with van der Waals surface area (Å²) in [6.45, 7) is 17.4. The van der Waals surface area contributed by atoms with Crippen molar-refractivity contribution in [2.75, 3.05) is 111 Å². The fraction of sp³-hybridized carbons (Fsp3) is 0.679. The first-order chi connectivity index (χ1) is 18.9. The van der Waals surface area contributed by atoms with Crippen LogP contribution in [0.3, 0.4) is 0 Å². The van der Waals surface area contributed by atoms with E-state index in [-0.39, 0.29) is 10.6 Å². The van der Waals surface area contributed by atoms with E-state index in [1.54, 1.807) is 0 Å². The van der Waals surface area contributed by atoms with E-state index in [9.17, 15) is 10.1 Å². The maximum Gasteiger partial charge on any atom is 0.335 e. The van der Waals surface area contributed by atoms with Gasteiger partial charge < -0.3 is 36.0 Å². The van der Waals surface area contributed by atoms with E-state index in [1.165, 1.54) is 20.1 Å². The predicted octanol–water partition coefficient (Wildman–Crippen LogP) is 3.02. The van der Waals surface area contributed by atoms with Crippen LogP contribution in [-0.4, -0.2) is 125 Å². The molecule has 2 aliphatic heterocycles. The molecule has 11 nitrogen and oxygen atoms in total. The normalized spacial score (nSPS) is 15.4. The topological polar surface area (TPSA) is 119 Å². The van der Waals surface area contributed by atoms with Gasteiger partial charge in [0.2, 0.25) is 5.82 Å². The van der Waals surface area contributed by atoms with Gasteiger partial charge in [-0.3, -0.25) is 10.1 Å². The van der Waals surface area contributed by atoms with Crippen LogP contribution in [0.2, 0.25) is 0 Å². The molecule has 1 aromatic carbocycles. The third kappa shape index (κ3) is 12.4. The fourth-order valence-corrected chi connectivity index (χ4v) is 3.96. The molecule has 0 spiro atoms. The lowest BCUT2D eigenvalue weighted by atomic mass is 10.1. The number of rotatable bonds is 6. The van der Waals surface area contributed by atoms with Gasteiger partial charge in [-0.05, 0) is 41.3 Å². The Labute approximate surface area is 236 Å². The van der Waals surface area contributed by atoms with Crippen LogP contribution in [0.25, 0.3) is 10.9 Å². The number of anilines is 2. The Hall–Kier alpha value is -2.57. The van der Waals surface area contributed by atoms with E-state index in [1.807, 2.05) is 75.9 Å². The standard InChI is InChI=1S/C18H26N6O2.C5H12N2.2C2H6.CH5N/c1-21(2)9-8-19-16-14-6-4-5-7-15(14)20-18(17(16)24(25)26)23-12-10-22(3)11-13-23;1-7-4-2-6-3-5-7;3*1-2/h4-7H,8-13H2,1-3H3,(H,19,20);6H,2-5H2,1H3;2*1-2H3;2H2,1H3. The van der Waals surface area contributed by atoms with E-state index >= 15 is 0 Å². The molecule has 39 heavy (non-hydrogen) atoms. The summed E-state index contributed by atoms with van der Waals surface area (Å²) in [4.78, 5) is 25.0. The maximum atomic E-state index is 12.0. The smallest absolute Gasteiger partial charge is 0.335 e. The average Bonchev–Trinajstić information content (AvgIpc) is 2.97. The lowest BCUT2D eigenvalue weighted by Crippen LogP contribution is -2.45. The van der Waals surface area contributed by atoms with Gasteiger partial charge in [-0.15, -0.1) is 0 Å². The highest BCUT2D eigenvalue weighted by molar-refractivity contribution is 5.99. The van der Waals surface area contributed by atoms with Gasteiger partial charge in [0, 0.05) is 70.8 Å². The third-order valence-corrected chi connectivity index (χ3v) is 6.04. The van der Waals surface area contributed by atoms with Crippen LogP contribution < -0.4 is 21.3 Å². The summed E-state index contributed by atoms with van der Waals surface area (Å²) >= 11 is 0. The van der Waals surface area contributed by atoms with Crippen molar-refractivity contribution in [1.82, 2.24) is 25.0 Å². The van der Waals surface area contributed by atoms with Gasteiger partial charge in [-0.1, -0.05) is 45.9 Å². The second-order valence-corrected chi connectivity index (χ2v) is 9.01. The molecule has 4 rings (SSSR count). The average molecular weight is 550 g/mol. The zero-order chi connectivity index (χ0) is 29.8. The Morgan fingerprint density at radius 1 is 0.974 bits per heavy atom. The first-order valence-corrected chi connectivity index (χ1v) is 14.2. The van der Waals surface area contributed by atoms with Crippen LogP contribution in [0.15, 0.2) is 24.3 Å². The zero-order valence-electron chi connectivity index (χ0n) is 26.0. The van der Waals surface area contributed by atoms with E-state index in [0.717, 1.165) is 56.7 Å². The van der Waals surface area contributed by atoms with Crippen molar-refractivity contribution < 1.29 is 4.92 Å². The number of nitrogens with two attached hydrogens (primary N) is 1. The molecule has 0 amide bonds. The lowest BCUT2D eigenvalue weighted by molar-refractivity contribution is -0.383. The van der Waals surface area contributed by atoms with Crippen molar-refractivity contribution in [3.63, 3.8) is 0 Å². The van der Waals surface area contributed by atoms with Gasteiger partial charge in [-0.25, -0.2) is 4.98 Å². The van der Waals surface area contributed by atoms with Gasteiger partial charge in [0.15, 0.2) is 0 Å². The van der Waals surface area contributed by atoms with E-state index in [2.05, 4.69) is 45.2 Å². The number of benzene rings is 1. The summed E-state index contributed by atoms with van der Waals surface area (Å²) in [6.07, 6.45) is 0. The number of pyridine rings is 1. The summed E-state index contributed by atoms with van der Waals surface area (Å²) in [7, 11) is 9.68. The van der Waals surface area contributed by atoms with Crippen molar-refractivity contribution in [3.05, 3.63) is 34.4 Å². The molecule has 0 saturated carbocycles. The molecule has 0 unspecified atom stereocenters. The first kappa shape index (κ1) is 36.4. The number of nitro groups is 1. The van der Waals surface area contributed by atoms with Gasteiger partial charge in [0.1, 0.15) is 5.69 Å². The predicted molar refractivity (Wildman–Crippen MR) is 168 cm³/mol. The number of hydrogen-bond acceptors (Lipinski definition) is 10. The van der Waals surface area contributed by atoms with Crippen molar-refractivity contribution in [2.45, 2.75) is 27.7 Å². The van der Waals surface area contributed by atoms with Gasteiger partial charge in [-0.2, -0.15) is 0 Å². The second kappa shape index (κ2) is 21.3. The molecular weight excluding hydrogens is 494 g/mol. The zero-order valence-corrected chi connectivity index (χ0v) is 26.0. The van der Waals surface area contributed by atoms with Crippen LogP contribution in [-0.2, 0) is 0 Å². The number of piperazine rings is 2. The van der Waals surface area contributed by atoms with Crippen molar-refractivity contribution >= 4 is 28.1 Å². The maximum absolute atomic E-state index is 12.0. The summed E-state index contributed by atoms with van der Waals surface area (Å²) < 4.78 is 0. The minimum atomic E-state index is -0.301. The van der Waals surface area contributed by atoms with E-state index < -0.39 is 0 Å². The quantitative estimate of drug-likeness (QED) is 0.366. The first-order valence-electron chi connectivity index (χ1n) is 14.2. The molecule has 0 bridgehead atoms. The molecule has 4 N–H and O–H groups in total. The lowest BCUT2D eigenvalue weighted by Gasteiger charge is -2.33. The number of para-hydroxylation sites is 1. The minimum absolute atomic E-state index is 0.0759. The summed E-state index contributed by atoms with van der Waals surface area (Å²) in [5, 5.41) is 19.3. The molecule has 2 aliphatic rings. The molecular formula is C28H55N9O2. The highest BCUT2D eigenvalue weighted by atomic mass is 16.6. The number of fused-ring (bicyclic) bond motifs is 1. The monoisotopic (exact) mass is 549 g/mol. The Morgan fingerprint density at radius 2 is 1.51 bits per heavy atom. The molecule has 224 valence electrons. The Morgan fingerprint density at radius 3 is 2.00 bits per heavy atom. The highest BCUT2D eigenvalue weighted by Crippen LogP contribution is 2.39. The van der Waals surface area contributed by atoms with Crippen LogP contribution in [0.1, 0.15) is 27.7 Å². The van der Waals surface area contributed by atoms with Crippen molar-refractivity contribution in [3.8, 4) is 0 Å². The van der Waals surface area contributed by atoms with Crippen molar-refractivity contribution in [1.29, 1.82) is 0 Å². The Kier molecular flexibility index (Phi) is 19.9. The number of nitrogens with one attached hydrogen (secondary N) is 2. The van der Waals surface area contributed by atoms with E-state index in [4.69, 9.17) is 0 Å². The van der Waals surface area contributed by atoms with Gasteiger partial charge in [0.25, 0.3) is 0 Å². The van der Waals surface area contributed by atoms with Gasteiger partial charge >= 0.3 is 5.69 Å². The van der Waals surface area contributed by atoms with Crippen molar-refractivity contribution in [2.24, 2.45) is 5.73 Å². The molecule has 1 aromatic heterocycles.